The molecule has 1 aliphatic rings. The first-order chi connectivity index (χ1) is 12.7. The van der Waals surface area contributed by atoms with Gasteiger partial charge in [0.05, 0.1) is 11.7 Å². The maximum absolute atomic E-state index is 12.1. The van der Waals surface area contributed by atoms with E-state index >= 15 is 0 Å². The number of rotatable bonds is 4. The van der Waals surface area contributed by atoms with Crippen LogP contribution in [0.15, 0.2) is 27.4 Å². The Bertz CT molecular complexity index is 922. The number of aryl methyl sites for hydroxylation is 1. The maximum atomic E-state index is 12.1. The zero-order valence-corrected chi connectivity index (χ0v) is 16.3. The van der Waals surface area contributed by atoms with Crippen LogP contribution in [0.1, 0.15) is 32.3 Å². The topological polar surface area (TPSA) is 87.0 Å². The Morgan fingerprint density at radius 1 is 1.33 bits per heavy atom. The monoisotopic (exact) mass is 373 g/mol. The van der Waals surface area contributed by atoms with Crippen molar-refractivity contribution in [2.45, 2.75) is 51.6 Å². The van der Waals surface area contributed by atoms with Crippen LogP contribution in [-0.4, -0.2) is 38.8 Å². The lowest BCUT2D eigenvalue weighted by Gasteiger charge is -2.41. The lowest BCUT2D eigenvalue weighted by atomic mass is 9.94. The first-order valence-corrected chi connectivity index (χ1v) is 8.93. The largest absolute Gasteiger partial charge is 0.465 e. The number of anilines is 1. The predicted molar refractivity (Wildman–Crippen MR) is 104 cm³/mol. The van der Waals surface area contributed by atoms with Crippen LogP contribution in [0.3, 0.4) is 0 Å². The van der Waals surface area contributed by atoms with Crippen LogP contribution in [0.4, 0.5) is 10.5 Å². The summed E-state index contributed by atoms with van der Waals surface area (Å²) in [6, 6.07) is 5.20. The average molecular weight is 373 g/mol. The second-order valence-electron chi connectivity index (χ2n) is 7.31. The molecule has 1 N–H and O–H groups in total. The molecule has 0 unspecified atom stereocenters. The van der Waals surface area contributed by atoms with E-state index in [-0.39, 0.29) is 17.6 Å². The van der Waals surface area contributed by atoms with Crippen molar-refractivity contribution in [1.29, 1.82) is 0 Å². The molecule has 1 amide bonds. The molecule has 0 aliphatic carbocycles. The summed E-state index contributed by atoms with van der Waals surface area (Å²) >= 11 is 0. The second-order valence-corrected chi connectivity index (χ2v) is 7.31. The van der Waals surface area contributed by atoms with Gasteiger partial charge in [0, 0.05) is 24.5 Å². The smallest absolute Gasteiger partial charge is 0.360 e. The summed E-state index contributed by atoms with van der Waals surface area (Å²) in [6.07, 6.45) is 1.13. The molecule has 2 aromatic rings. The van der Waals surface area contributed by atoms with Gasteiger partial charge in [-0.25, -0.2) is 4.79 Å². The van der Waals surface area contributed by atoms with E-state index in [1.807, 2.05) is 26.8 Å². The van der Waals surface area contributed by atoms with Gasteiger partial charge in [0.2, 0.25) is 14.1 Å². The Labute approximate surface area is 158 Å². The molecular formula is C19H24BNO6. The molecule has 1 saturated heterocycles. The van der Waals surface area contributed by atoms with Gasteiger partial charge in [0.25, 0.3) is 0 Å². The number of benzene rings is 1. The van der Waals surface area contributed by atoms with Crippen LogP contribution < -0.4 is 15.7 Å². The van der Waals surface area contributed by atoms with Crippen molar-refractivity contribution in [3.05, 3.63) is 34.2 Å². The molecule has 1 aromatic carbocycles. The lowest BCUT2D eigenvalue weighted by molar-refractivity contribution is -0.233. The van der Waals surface area contributed by atoms with Gasteiger partial charge in [-0.3, -0.25) is 4.79 Å². The minimum atomic E-state index is -0.601. The van der Waals surface area contributed by atoms with Crippen molar-refractivity contribution in [2.75, 3.05) is 12.4 Å². The van der Waals surface area contributed by atoms with E-state index in [1.54, 1.807) is 19.2 Å². The van der Waals surface area contributed by atoms with E-state index in [9.17, 15) is 9.59 Å². The summed E-state index contributed by atoms with van der Waals surface area (Å²) in [6.45, 7) is 5.78. The highest BCUT2D eigenvalue weighted by atomic mass is 16.7. The highest BCUT2D eigenvalue weighted by Crippen LogP contribution is 2.34. The summed E-state index contributed by atoms with van der Waals surface area (Å²) in [5, 5.41) is 3.18. The number of carbonyl (C=O) groups is 1. The van der Waals surface area contributed by atoms with Crippen molar-refractivity contribution in [1.82, 2.24) is 0 Å². The minimum Gasteiger partial charge on any atom is -0.465 e. The summed E-state index contributed by atoms with van der Waals surface area (Å²) in [5.74, 6) is 0.263. The van der Waals surface area contributed by atoms with Crippen molar-refractivity contribution >= 4 is 30.3 Å². The van der Waals surface area contributed by atoms with E-state index in [0.29, 0.717) is 28.7 Å². The van der Waals surface area contributed by atoms with Crippen molar-refractivity contribution in [3.63, 3.8) is 0 Å². The molecule has 1 aromatic heterocycles. The summed E-state index contributed by atoms with van der Waals surface area (Å²) < 4.78 is 23.0. The molecule has 3 rings (SSSR count). The fourth-order valence-corrected chi connectivity index (χ4v) is 3.45. The Balaban J connectivity index is 1.87. The molecule has 0 bridgehead atoms. The van der Waals surface area contributed by atoms with E-state index in [1.165, 1.54) is 7.85 Å². The number of methoxy groups -OCH3 is 1. The maximum Gasteiger partial charge on any atom is 0.360 e. The summed E-state index contributed by atoms with van der Waals surface area (Å²) in [7, 11) is 3.02. The SMILES string of the molecule is BC(=O)Nc1cc2ccc(O[C@H]3CC[C@@H](OC)C(C)(C)O3)c(C)c2oc1=O. The summed E-state index contributed by atoms with van der Waals surface area (Å²) in [5.41, 5.74) is 0.190. The molecule has 27 heavy (non-hydrogen) atoms. The molecule has 0 spiro atoms. The third-order valence-corrected chi connectivity index (χ3v) is 4.83. The van der Waals surface area contributed by atoms with Gasteiger partial charge in [-0.2, -0.15) is 0 Å². The molecule has 7 nitrogen and oxygen atoms in total. The van der Waals surface area contributed by atoms with Gasteiger partial charge in [0.15, 0.2) is 5.81 Å². The standard InChI is InChI=1S/C19H24BNO6/c1-10-13(25-15-8-7-14(24-4)19(2,3)27-15)6-5-11-9-12(21-18(20)23)17(22)26-16(10)11/h5-6,9,14-15H,7-8,20H2,1-4H3,(H,21,23)/t14-,15-/m1/s1. The Morgan fingerprint density at radius 3 is 2.70 bits per heavy atom. The molecule has 8 heteroatoms. The van der Waals surface area contributed by atoms with E-state index < -0.39 is 17.5 Å². The highest BCUT2D eigenvalue weighted by molar-refractivity contribution is 6.60. The van der Waals surface area contributed by atoms with Crippen LogP contribution in [0, 0.1) is 6.92 Å². The van der Waals surface area contributed by atoms with Crippen LogP contribution in [0.25, 0.3) is 11.0 Å². The van der Waals surface area contributed by atoms with Crippen molar-refractivity contribution < 1.29 is 23.4 Å². The minimum absolute atomic E-state index is 0.0141. The Kier molecular flexibility index (Phi) is 5.30. The van der Waals surface area contributed by atoms with Gasteiger partial charge in [-0.05, 0) is 45.4 Å². The molecule has 144 valence electrons. The highest BCUT2D eigenvalue weighted by Gasteiger charge is 2.39. The molecule has 1 aliphatic heterocycles. The Hall–Kier alpha value is -2.32. The van der Waals surface area contributed by atoms with Gasteiger partial charge in [-0.15, -0.1) is 0 Å². The number of hydrogen-bond acceptors (Lipinski definition) is 6. The van der Waals surface area contributed by atoms with Gasteiger partial charge < -0.3 is 23.9 Å². The second kappa shape index (κ2) is 7.36. The van der Waals surface area contributed by atoms with Crippen LogP contribution in [0.2, 0.25) is 0 Å². The fourth-order valence-electron chi connectivity index (χ4n) is 3.45. The van der Waals surface area contributed by atoms with E-state index in [2.05, 4.69) is 5.32 Å². The zero-order chi connectivity index (χ0) is 19.8. The molecule has 1 fully saturated rings. The average Bonchev–Trinajstić information content (AvgIpc) is 2.58. The Morgan fingerprint density at radius 2 is 2.07 bits per heavy atom. The molecular weight excluding hydrogens is 349 g/mol. The van der Waals surface area contributed by atoms with Gasteiger partial charge >= 0.3 is 5.63 Å². The number of nitrogens with one attached hydrogen (secondary N) is 1. The van der Waals surface area contributed by atoms with Crippen LogP contribution in [0.5, 0.6) is 5.75 Å². The fraction of sp³-hybridized carbons (Fsp3) is 0.474. The first kappa shape index (κ1) is 19.4. The molecule has 2 atom stereocenters. The number of ether oxygens (including phenoxy) is 3. The lowest BCUT2D eigenvalue weighted by Crippen LogP contribution is -2.49. The first-order valence-electron chi connectivity index (χ1n) is 8.93. The third-order valence-electron chi connectivity index (χ3n) is 4.83. The van der Waals surface area contributed by atoms with Crippen molar-refractivity contribution in [2.24, 2.45) is 0 Å². The quantitative estimate of drug-likeness (QED) is 0.655. The number of fused-ring (bicyclic) bond motifs is 1. The van der Waals surface area contributed by atoms with Crippen molar-refractivity contribution in [3.8, 4) is 5.75 Å². The zero-order valence-electron chi connectivity index (χ0n) is 16.3. The third kappa shape index (κ3) is 4.01. The number of carbonyl (C=O) groups excluding carboxylic acids is 1. The van der Waals surface area contributed by atoms with Crippen LogP contribution >= 0.6 is 0 Å². The van der Waals surface area contributed by atoms with Crippen LogP contribution in [-0.2, 0) is 9.47 Å². The number of hydrogen-bond donors (Lipinski definition) is 1. The normalized spacial score (nSPS) is 21.8. The summed E-state index contributed by atoms with van der Waals surface area (Å²) in [4.78, 5) is 23.3. The molecule has 2 heterocycles. The molecule has 0 saturated carbocycles. The number of amides is 1. The molecule has 0 radical (unpaired) electrons. The van der Waals surface area contributed by atoms with Gasteiger partial charge in [0.1, 0.15) is 17.0 Å². The van der Waals surface area contributed by atoms with Gasteiger partial charge in [-0.1, -0.05) is 0 Å². The van der Waals surface area contributed by atoms with E-state index in [0.717, 1.165) is 6.42 Å². The predicted octanol–water partition coefficient (Wildman–Crippen LogP) is 2.58. The van der Waals surface area contributed by atoms with E-state index in [4.69, 9.17) is 18.6 Å².